The van der Waals surface area contributed by atoms with Crippen molar-refractivity contribution >= 4 is 22.6 Å². The van der Waals surface area contributed by atoms with Crippen LogP contribution in [0.4, 0.5) is 0 Å². The number of ether oxygens (including phenoxy) is 1. The first kappa shape index (κ1) is 20.7. The van der Waals surface area contributed by atoms with Gasteiger partial charge in [0.1, 0.15) is 0 Å². The lowest BCUT2D eigenvalue weighted by Gasteiger charge is -2.11. The van der Waals surface area contributed by atoms with Crippen LogP contribution in [0.1, 0.15) is 50.2 Å². The van der Waals surface area contributed by atoms with Gasteiger partial charge in [-0.25, -0.2) is 4.79 Å². The molecule has 0 spiro atoms. The van der Waals surface area contributed by atoms with Crippen molar-refractivity contribution in [2.45, 2.75) is 30.9 Å². The predicted octanol–water partition coefficient (Wildman–Crippen LogP) is 4.21. The Hall–Kier alpha value is -2.99. The van der Waals surface area contributed by atoms with E-state index in [1.165, 1.54) is 7.11 Å². The molecule has 0 saturated heterocycles. The first-order chi connectivity index (χ1) is 14.0. The number of carbonyl (C=O) groups excluding carboxylic acids is 2. The lowest BCUT2D eigenvalue weighted by molar-refractivity contribution is 0.0597. The van der Waals surface area contributed by atoms with Gasteiger partial charge in [0.25, 0.3) is 0 Å². The molecule has 1 heterocycles. The Kier molecular flexibility index (Phi) is 6.44. The molecule has 0 fully saturated rings. The fourth-order valence-electron chi connectivity index (χ4n) is 3.35. The Morgan fingerprint density at radius 1 is 1.00 bits per heavy atom. The Bertz CT molecular complexity index is 1070. The zero-order chi connectivity index (χ0) is 21.0. The number of nitrogens with one attached hydrogen (secondary N) is 1. The van der Waals surface area contributed by atoms with E-state index in [-0.39, 0.29) is 11.3 Å². The van der Waals surface area contributed by atoms with E-state index in [2.05, 4.69) is 4.98 Å². The summed E-state index contributed by atoms with van der Waals surface area (Å²) < 4.78 is 18.0. The maximum Gasteiger partial charge on any atom is 0.340 e. The molecule has 1 N–H and O–H groups in total. The summed E-state index contributed by atoms with van der Waals surface area (Å²) in [7, 11) is -0.119. The van der Waals surface area contributed by atoms with E-state index in [0.717, 1.165) is 5.56 Å². The molecular weight excluding hydrogens is 386 g/mol. The molecule has 0 radical (unpaired) electrons. The number of ketones is 1. The molecule has 5 nitrogen and oxygen atoms in total. The van der Waals surface area contributed by atoms with Crippen LogP contribution < -0.4 is 0 Å². The van der Waals surface area contributed by atoms with Crippen molar-refractivity contribution in [2.75, 3.05) is 7.11 Å². The number of carbonyl (C=O) groups is 2. The third-order valence-corrected chi connectivity index (χ3v) is 6.19. The van der Waals surface area contributed by atoms with E-state index >= 15 is 0 Å². The van der Waals surface area contributed by atoms with Gasteiger partial charge in [0, 0.05) is 17.0 Å². The molecule has 0 bridgehead atoms. The van der Waals surface area contributed by atoms with E-state index in [4.69, 9.17) is 4.74 Å². The monoisotopic (exact) mass is 409 g/mol. The molecule has 0 saturated carbocycles. The summed E-state index contributed by atoms with van der Waals surface area (Å²) in [6.07, 6.45) is 0.550. The van der Waals surface area contributed by atoms with Gasteiger partial charge in [-0.15, -0.1) is 0 Å². The van der Waals surface area contributed by atoms with Gasteiger partial charge in [-0.05, 0) is 31.0 Å². The van der Waals surface area contributed by atoms with Gasteiger partial charge >= 0.3 is 5.97 Å². The summed E-state index contributed by atoms with van der Waals surface area (Å²) in [5.41, 5.74) is 3.03. The van der Waals surface area contributed by atoms with Crippen LogP contribution in [0.5, 0.6) is 0 Å². The molecule has 1 aromatic heterocycles. The Morgan fingerprint density at radius 3 is 2.31 bits per heavy atom. The van der Waals surface area contributed by atoms with Crippen LogP contribution in [0, 0.1) is 6.92 Å². The fraction of sp³-hybridized carbons (Fsp3) is 0.217. The highest BCUT2D eigenvalue weighted by Crippen LogP contribution is 2.27. The van der Waals surface area contributed by atoms with E-state index in [9.17, 15) is 13.8 Å². The van der Waals surface area contributed by atoms with Crippen LogP contribution in [0.25, 0.3) is 0 Å². The third-order valence-electron chi connectivity index (χ3n) is 4.75. The van der Waals surface area contributed by atoms with Crippen LogP contribution in [0.3, 0.4) is 0 Å². The van der Waals surface area contributed by atoms with E-state index in [0.29, 0.717) is 39.6 Å². The fourth-order valence-corrected chi connectivity index (χ4v) is 4.64. The molecule has 1 atom stereocenters. The predicted molar refractivity (Wildman–Crippen MR) is 113 cm³/mol. The summed E-state index contributed by atoms with van der Waals surface area (Å²) in [6, 6.07) is 16.4. The van der Waals surface area contributed by atoms with Gasteiger partial charge in [0.2, 0.25) is 0 Å². The zero-order valence-electron chi connectivity index (χ0n) is 16.7. The van der Waals surface area contributed by atoms with E-state index < -0.39 is 16.8 Å². The summed E-state index contributed by atoms with van der Waals surface area (Å²) >= 11 is 0. The average molecular weight is 410 g/mol. The first-order valence-electron chi connectivity index (χ1n) is 9.33. The number of aromatic amines is 1. The number of rotatable bonds is 7. The van der Waals surface area contributed by atoms with Gasteiger partial charge in [-0.1, -0.05) is 49.4 Å². The van der Waals surface area contributed by atoms with Crippen molar-refractivity contribution in [2.24, 2.45) is 0 Å². The quantitative estimate of drug-likeness (QED) is 0.468. The molecule has 0 aliphatic rings. The summed E-state index contributed by atoms with van der Waals surface area (Å²) in [4.78, 5) is 29.4. The second-order valence-electron chi connectivity index (χ2n) is 6.62. The van der Waals surface area contributed by atoms with Gasteiger partial charge in [0.15, 0.2) is 5.78 Å². The molecule has 0 aliphatic carbocycles. The van der Waals surface area contributed by atoms with Crippen LogP contribution >= 0.6 is 0 Å². The molecule has 29 heavy (non-hydrogen) atoms. The van der Waals surface area contributed by atoms with Crippen molar-refractivity contribution in [3.63, 3.8) is 0 Å². The maximum atomic E-state index is 13.5. The highest BCUT2D eigenvalue weighted by atomic mass is 32.2. The van der Waals surface area contributed by atoms with Gasteiger partial charge in [-0.2, -0.15) is 0 Å². The van der Waals surface area contributed by atoms with Crippen molar-refractivity contribution in [1.29, 1.82) is 0 Å². The number of benzene rings is 2. The van der Waals surface area contributed by atoms with Gasteiger partial charge < -0.3 is 9.72 Å². The van der Waals surface area contributed by atoms with Crippen LogP contribution in [-0.2, 0) is 27.7 Å². The molecule has 150 valence electrons. The van der Waals surface area contributed by atoms with Crippen LogP contribution in [-0.4, -0.2) is 28.1 Å². The number of esters is 1. The standard InChI is InChI=1S/C23H23NO4S/c1-4-18-21(20(15(2)24-18)23(26)28-3)22(25)17-12-8-9-13-19(17)29(27)14-16-10-6-5-7-11-16/h5-13,24H,4,14H2,1-3H3. The average Bonchev–Trinajstić information content (AvgIpc) is 3.09. The lowest BCUT2D eigenvalue weighted by Crippen LogP contribution is -2.14. The molecule has 2 aromatic carbocycles. The Morgan fingerprint density at radius 2 is 1.66 bits per heavy atom. The van der Waals surface area contributed by atoms with Crippen LogP contribution in [0.15, 0.2) is 59.5 Å². The van der Waals surface area contributed by atoms with E-state index in [1.54, 1.807) is 31.2 Å². The van der Waals surface area contributed by atoms with Crippen molar-refractivity contribution in [1.82, 2.24) is 4.98 Å². The summed E-state index contributed by atoms with van der Waals surface area (Å²) in [5.74, 6) is -0.588. The minimum absolute atomic E-state index is 0.234. The van der Waals surface area contributed by atoms with Crippen LogP contribution in [0.2, 0.25) is 0 Å². The number of aryl methyl sites for hydroxylation is 2. The smallest absolute Gasteiger partial charge is 0.340 e. The molecule has 6 heteroatoms. The van der Waals surface area contributed by atoms with Gasteiger partial charge in [-0.3, -0.25) is 9.00 Å². The minimum atomic E-state index is -1.41. The highest BCUT2D eigenvalue weighted by molar-refractivity contribution is 7.84. The molecule has 3 aromatic rings. The lowest BCUT2D eigenvalue weighted by atomic mass is 9.98. The number of aromatic nitrogens is 1. The minimum Gasteiger partial charge on any atom is -0.465 e. The molecule has 0 amide bonds. The number of hydrogen-bond acceptors (Lipinski definition) is 4. The SMILES string of the molecule is CCc1[nH]c(C)c(C(=O)OC)c1C(=O)c1ccccc1S(=O)Cc1ccccc1. The Labute approximate surface area is 172 Å². The normalized spacial score (nSPS) is 11.8. The second kappa shape index (κ2) is 9.01. The van der Waals surface area contributed by atoms with Crippen molar-refractivity contribution in [3.05, 3.63) is 88.2 Å². The summed E-state index contributed by atoms with van der Waals surface area (Å²) in [6.45, 7) is 3.64. The maximum absolute atomic E-state index is 13.5. The van der Waals surface area contributed by atoms with E-state index in [1.807, 2.05) is 37.3 Å². The first-order valence-corrected chi connectivity index (χ1v) is 10.7. The third kappa shape index (κ3) is 4.22. The second-order valence-corrected chi connectivity index (χ2v) is 8.04. The Balaban J connectivity index is 2.06. The van der Waals surface area contributed by atoms with Gasteiger partial charge in [0.05, 0.1) is 39.7 Å². The molecule has 1 unspecified atom stereocenters. The molecule has 3 rings (SSSR count). The largest absolute Gasteiger partial charge is 0.465 e. The topological polar surface area (TPSA) is 76.2 Å². The highest BCUT2D eigenvalue weighted by Gasteiger charge is 2.28. The molecule has 0 aliphatic heterocycles. The van der Waals surface area contributed by atoms with Crippen molar-refractivity contribution < 1.29 is 18.5 Å². The zero-order valence-corrected chi connectivity index (χ0v) is 17.5. The van der Waals surface area contributed by atoms with Crippen molar-refractivity contribution in [3.8, 4) is 0 Å². The number of hydrogen-bond donors (Lipinski definition) is 1. The number of H-pyrrole nitrogens is 1. The number of methoxy groups -OCH3 is 1. The summed E-state index contributed by atoms with van der Waals surface area (Å²) in [5, 5.41) is 0. The molecular formula is C23H23NO4S.